The molecule has 0 atom stereocenters. The molecule has 20 heavy (non-hydrogen) atoms. The van der Waals surface area contributed by atoms with Crippen LogP contribution in [0.5, 0.6) is 11.6 Å². The van der Waals surface area contributed by atoms with Crippen LogP contribution < -0.4 is 4.74 Å². The van der Waals surface area contributed by atoms with E-state index in [1.807, 2.05) is 0 Å². The molecule has 0 radical (unpaired) electrons. The maximum absolute atomic E-state index is 10.9. The topological polar surface area (TPSA) is 115 Å². The Balaban J connectivity index is 2.42. The summed E-state index contributed by atoms with van der Waals surface area (Å²) in [5.74, 6) is -1.38. The van der Waals surface area contributed by atoms with Gasteiger partial charge in [-0.1, -0.05) is 12.1 Å². The van der Waals surface area contributed by atoms with Crippen LogP contribution in [0.15, 0.2) is 30.6 Å². The van der Waals surface area contributed by atoms with Crippen molar-refractivity contribution in [2.24, 2.45) is 0 Å². The predicted molar refractivity (Wildman–Crippen MR) is 66.9 cm³/mol. The number of carbonyl (C=O) groups is 1. The summed E-state index contributed by atoms with van der Waals surface area (Å²) in [6, 6.07) is 4.45. The quantitative estimate of drug-likeness (QED) is 0.671. The monoisotopic (exact) mass is 275 g/mol. The Hall–Kier alpha value is -3.03. The van der Waals surface area contributed by atoms with Gasteiger partial charge in [0.15, 0.2) is 5.69 Å². The van der Waals surface area contributed by atoms with Gasteiger partial charge in [-0.05, 0) is 12.5 Å². The summed E-state index contributed by atoms with van der Waals surface area (Å²) in [5.41, 5.74) is -0.00649. The average molecular weight is 275 g/mol. The van der Waals surface area contributed by atoms with E-state index >= 15 is 0 Å². The molecule has 1 N–H and O–H groups in total. The molecule has 0 bridgehead atoms. The van der Waals surface area contributed by atoms with Crippen molar-refractivity contribution in [3.8, 4) is 11.6 Å². The highest BCUT2D eigenvalue weighted by molar-refractivity contribution is 5.84. The zero-order chi connectivity index (χ0) is 14.7. The van der Waals surface area contributed by atoms with Crippen molar-refractivity contribution in [3.63, 3.8) is 0 Å². The number of carboxylic acids is 1. The number of nitrogens with zero attached hydrogens (tertiary/aromatic N) is 3. The second kappa shape index (κ2) is 5.31. The SMILES string of the molecule is Cc1cccc([N+](=O)[O-])c1Oc1cncc(C(=O)O)n1. The normalized spacial score (nSPS) is 10.1. The van der Waals surface area contributed by atoms with Crippen LogP contribution in [0.1, 0.15) is 16.1 Å². The van der Waals surface area contributed by atoms with Gasteiger partial charge in [0.1, 0.15) is 0 Å². The van der Waals surface area contributed by atoms with Crippen molar-refractivity contribution in [2.45, 2.75) is 6.92 Å². The number of rotatable bonds is 4. The van der Waals surface area contributed by atoms with Crippen molar-refractivity contribution in [1.82, 2.24) is 9.97 Å². The number of carboxylic acid groups (broad SMARTS) is 1. The first kappa shape index (κ1) is 13.4. The maximum atomic E-state index is 10.9. The minimum atomic E-state index is -1.26. The molecule has 0 spiro atoms. The maximum Gasteiger partial charge on any atom is 0.356 e. The number of ether oxygens (including phenoxy) is 1. The summed E-state index contributed by atoms with van der Waals surface area (Å²) in [5, 5.41) is 19.7. The lowest BCUT2D eigenvalue weighted by molar-refractivity contribution is -0.385. The van der Waals surface area contributed by atoms with E-state index in [1.54, 1.807) is 13.0 Å². The van der Waals surface area contributed by atoms with E-state index in [9.17, 15) is 14.9 Å². The number of hydrogen-bond donors (Lipinski definition) is 1. The van der Waals surface area contributed by atoms with Crippen molar-refractivity contribution >= 4 is 11.7 Å². The van der Waals surface area contributed by atoms with Crippen LogP contribution in [0.2, 0.25) is 0 Å². The number of aryl methyl sites for hydroxylation is 1. The van der Waals surface area contributed by atoms with Crippen LogP contribution in [0.3, 0.4) is 0 Å². The molecule has 0 saturated heterocycles. The van der Waals surface area contributed by atoms with Gasteiger partial charge in [-0.15, -0.1) is 0 Å². The third kappa shape index (κ3) is 2.69. The van der Waals surface area contributed by atoms with Crippen LogP contribution in [0, 0.1) is 17.0 Å². The summed E-state index contributed by atoms with van der Waals surface area (Å²) in [6.07, 6.45) is 2.24. The van der Waals surface area contributed by atoms with E-state index in [4.69, 9.17) is 9.84 Å². The second-order valence-electron chi connectivity index (χ2n) is 3.83. The predicted octanol–water partition coefficient (Wildman–Crippen LogP) is 2.18. The fraction of sp³-hybridized carbons (Fsp3) is 0.0833. The van der Waals surface area contributed by atoms with E-state index in [0.717, 1.165) is 6.20 Å². The first-order chi connectivity index (χ1) is 9.49. The molecule has 0 fully saturated rings. The first-order valence-corrected chi connectivity index (χ1v) is 5.46. The van der Waals surface area contributed by atoms with Gasteiger partial charge in [-0.2, -0.15) is 0 Å². The molecule has 102 valence electrons. The summed E-state index contributed by atoms with van der Waals surface area (Å²) in [7, 11) is 0. The van der Waals surface area contributed by atoms with Crippen LogP contribution in [-0.2, 0) is 0 Å². The molecule has 0 aliphatic heterocycles. The number of benzene rings is 1. The molecule has 1 aromatic heterocycles. The summed E-state index contributed by atoms with van der Waals surface area (Å²) in [4.78, 5) is 28.5. The summed E-state index contributed by atoms with van der Waals surface area (Å²) in [6.45, 7) is 1.64. The highest BCUT2D eigenvalue weighted by Gasteiger charge is 2.19. The molecule has 0 aliphatic carbocycles. The lowest BCUT2D eigenvalue weighted by Crippen LogP contribution is -2.03. The number of aromatic nitrogens is 2. The number of hydrogen-bond acceptors (Lipinski definition) is 6. The third-order valence-electron chi connectivity index (χ3n) is 2.43. The van der Waals surface area contributed by atoms with Gasteiger partial charge in [0, 0.05) is 6.07 Å². The highest BCUT2D eigenvalue weighted by atomic mass is 16.6. The van der Waals surface area contributed by atoms with Gasteiger partial charge in [0.05, 0.1) is 17.3 Å². The van der Waals surface area contributed by atoms with E-state index < -0.39 is 10.9 Å². The number of nitro benzene ring substituents is 1. The van der Waals surface area contributed by atoms with Gasteiger partial charge in [-0.3, -0.25) is 15.1 Å². The molecule has 0 aliphatic rings. The van der Waals surface area contributed by atoms with Crippen LogP contribution in [-0.4, -0.2) is 26.0 Å². The van der Waals surface area contributed by atoms with Gasteiger partial charge < -0.3 is 9.84 Å². The Bertz CT molecular complexity index is 687. The Morgan fingerprint density at radius 1 is 1.40 bits per heavy atom. The molecule has 1 aromatic carbocycles. The molecule has 2 rings (SSSR count). The molecule has 8 nitrogen and oxygen atoms in total. The molecule has 1 heterocycles. The van der Waals surface area contributed by atoms with Gasteiger partial charge in [0.25, 0.3) is 0 Å². The first-order valence-electron chi connectivity index (χ1n) is 5.46. The van der Waals surface area contributed by atoms with Crippen LogP contribution >= 0.6 is 0 Å². The molecule has 0 saturated carbocycles. The van der Waals surface area contributed by atoms with Gasteiger partial charge >= 0.3 is 11.7 Å². The summed E-state index contributed by atoms with van der Waals surface area (Å²) < 4.78 is 5.31. The van der Waals surface area contributed by atoms with Crippen molar-refractivity contribution in [1.29, 1.82) is 0 Å². The Labute approximate surface area is 112 Å². The van der Waals surface area contributed by atoms with E-state index in [-0.39, 0.29) is 23.0 Å². The minimum Gasteiger partial charge on any atom is -0.476 e. The molecule has 0 amide bonds. The van der Waals surface area contributed by atoms with E-state index in [0.29, 0.717) is 5.56 Å². The van der Waals surface area contributed by atoms with E-state index in [1.165, 1.54) is 18.3 Å². The highest BCUT2D eigenvalue weighted by Crippen LogP contribution is 2.33. The summed E-state index contributed by atoms with van der Waals surface area (Å²) >= 11 is 0. The Morgan fingerprint density at radius 2 is 2.15 bits per heavy atom. The molecule has 2 aromatic rings. The molecular formula is C12H9N3O5. The van der Waals surface area contributed by atoms with Gasteiger partial charge in [0.2, 0.25) is 11.6 Å². The minimum absolute atomic E-state index is 0.00865. The number of nitro groups is 1. The van der Waals surface area contributed by atoms with Gasteiger partial charge in [-0.25, -0.2) is 9.78 Å². The standard InChI is InChI=1S/C12H9N3O5/c1-7-3-2-4-9(15(18)19)11(7)20-10-6-13-5-8(14-10)12(16)17/h2-6H,1H3,(H,16,17). The average Bonchev–Trinajstić information content (AvgIpc) is 2.41. The third-order valence-corrected chi connectivity index (χ3v) is 2.43. The van der Waals surface area contributed by atoms with Crippen molar-refractivity contribution < 1.29 is 19.6 Å². The zero-order valence-electron chi connectivity index (χ0n) is 10.3. The van der Waals surface area contributed by atoms with Crippen molar-refractivity contribution in [3.05, 3.63) is 52.0 Å². The smallest absolute Gasteiger partial charge is 0.356 e. The Kier molecular flexibility index (Phi) is 3.56. The van der Waals surface area contributed by atoms with Crippen LogP contribution in [0.25, 0.3) is 0 Å². The molecule has 0 unspecified atom stereocenters. The zero-order valence-corrected chi connectivity index (χ0v) is 10.3. The molecular weight excluding hydrogens is 266 g/mol. The molecule has 8 heteroatoms. The van der Waals surface area contributed by atoms with Crippen LogP contribution in [0.4, 0.5) is 5.69 Å². The fourth-order valence-corrected chi connectivity index (χ4v) is 1.52. The lowest BCUT2D eigenvalue weighted by atomic mass is 10.2. The Morgan fingerprint density at radius 3 is 2.80 bits per heavy atom. The lowest BCUT2D eigenvalue weighted by Gasteiger charge is -2.08. The second-order valence-corrected chi connectivity index (χ2v) is 3.83. The number of aromatic carboxylic acids is 1. The fourth-order valence-electron chi connectivity index (χ4n) is 1.52. The van der Waals surface area contributed by atoms with Crippen molar-refractivity contribution in [2.75, 3.05) is 0 Å². The largest absolute Gasteiger partial charge is 0.476 e. The number of para-hydroxylation sites is 1. The van der Waals surface area contributed by atoms with E-state index in [2.05, 4.69) is 9.97 Å².